The average molecular weight is 312 g/mol. The summed E-state index contributed by atoms with van der Waals surface area (Å²) in [6.07, 6.45) is 3.66. The van der Waals surface area contributed by atoms with Crippen LogP contribution >= 0.6 is 0 Å². The van der Waals surface area contributed by atoms with Gasteiger partial charge in [-0.1, -0.05) is 0 Å². The number of amides is 1. The van der Waals surface area contributed by atoms with Crippen molar-refractivity contribution in [2.45, 2.75) is 25.7 Å². The molecule has 22 heavy (non-hydrogen) atoms. The lowest BCUT2D eigenvalue weighted by Gasteiger charge is -2.22. The molecule has 0 aromatic heterocycles. The fourth-order valence-electron chi connectivity index (χ4n) is 2.54. The van der Waals surface area contributed by atoms with E-state index in [0.29, 0.717) is 18.9 Å². The van der Waals surface area contributed by atoms with Gasteiger partial charge in [-0.05, 0) is 50.4 Å². The monoisotopic (exact) mass is 312 g/mol. The first-order valence-corrected chi connectivity index (χ1v) is 7.70. The van der Waals surface area contributed by atoms with Crippen LogP contribution in [0.2, 0.25) is 0 Å². The molecular formula is C16H22F2N2O2. The fraction of sp³-hybridized carbons (Fsp3) is 0.562. The number of nitrogens with one attached hydrogen (secondary N) is 2. The second-order valence-corrected chi connectivity index (χ2v) is 5.51. The first-order chi connectivity index (χ1) is 10.6. The first-order valence-electron chi connectivity index (χ1n) is 7.70. The largest absolute Gasteiger partial charge is 0.489 e. The van der Waals surface area contributed by atoms with Gasteiger partial charge in [0.25, 0.3) is 0 Å². The average Bonchev–Trinajstić information content (AvgIpc) is 2.52. The number of carbonyl (C=O) groups is 1. The number of carbonyl (C=O) groups excluding carboxylic acids is 1. The zero-order valence-electron chi connectivity index (χ0n) is 12.5. The standard InChI is InChI=1S/C16H22F2N2O2/c17-13-2-3-15(14(18)11-13)22-10-9-20-16(21)4-1-12-5-7-19-8-6-12/h2-3,11-12,19H,1,4-10H2,(H,20,21). The Morgan fingerprint density at radius 1 is 1.32 bits per heavy atom. The summed E-state index contributed by atoms with van der Waals surface area (Å²) in [5.74, 6) is -0.781. The number of rotatable bonds is 7. The molecule has 0 spiro atoms. The van der Waals surface area contributed by atoms with Crippen molar-refractivity contribution in [3.8, 4) is 5.75 Å². The predicted molar refractivity (Wildman–Crippen MR) is 79.7 cm³/mol. The lowest BCUT2D eigenvalue weighted by atomic mass is 9.93. The maximum Gasteiger partial charge on any atom is 0.220 e. The van der Waals surface area contributed by atoms with Crippen LogP contribution in [-0.2, 0) is 4.79 Å². The first kappa shape index (κ1) is 16.7. The number of piperidine rings is 1. The zero-order valence-corrected chi connectivity index (χ0v) is 12.5. The van der Waals surface area contributed by atoms with Gasteiger partial charge >= 0.3 is 0 Å². The van der Waals surface area contributed by atoms with Crippen molar-refractivity contribution in [3.63, 3.8) is 0 Å². The molecule has 0 unspecified atom stereocenters. The molecule has 4 nitrogen and oxygen atoms in total. The summed E-state index contributed by atoms with van der Waals surface area (Å²) in [4.78, 5) is 11.7. The van der Waals surface area contributed by atoms with Gasteiger partial charge in [0.15, 0.2) is 11.6 Å². The minimum atomic E-state index is -0.739. The van der Waals surface area contributed by atoms with Crippen LogP contribution in [0.3, 0.4) is 0 Å². The van der Waals surface area contributed by atoms with Gasteiger partial charge in [-0.15, -0.1) is 0 Å². The maximum atomic E-state index is 13.3. The van der Waals surface area contributed by atoms with Crippen LogP contribution in [0, 0.1) is 17.6 Å². The van der Waals surface area contributed by atoms with Gasteiger partial charge in [-0.3, -0.25) is 4.79 Å². The summed E-state index contributed by atoms with van der Waals surface area (Å²) in [6.45, 7) is 2.52. The van der Waals surface area contributed by atoms with Crippen LogP contribution in [0.15, 0.2) is 18.2 Å². The highest BCUT2D eigenvalue weighted by Crippen LogP contribution is 2.18. The molecule has 1 aliphatic heterocycles. The van der Waals surface area contributed by atoms with Crippen molar-refractivity contribution >= 4 is 5.91 Å². The zero-order chi connectivity index (χ0) is 15.8. The van der Waals surface area contributed by atoms with Gasteiger partial charge in [0, 0.05) is 12.5 Å². The van der Waals surface area contributed by atoms with E-state index in [1.807, 2.05) is 0 Å². The SMILES string of the molecule is O=C(CCC1CCNCC1)NCCOc1ccc(F)cc1F. The molecule has 1 fully saturated rings. The van der Waals surface area contributed by atoms with Crippen molar-refractivity contribution in [1.29, 1.82) is 0 Å². The van der Waals surface area contributed by atoms with Crippen molar-refractivity contribution in [3.05, 3.63) is 29.8 Å². The molecule has 1 aromatic rings. The highest BCUT2D eigenvalue weighted by atomic mass is 19.1. The van der Waals surface area contributed by atoms with Crippen LogP contribution in [0.25, 0.3) is 0 Å². The quantitative estimate of drug-likeness (QED) is 0.759. The fourth-order valence-corrected chi connectivity index (χ4v) is 2.54. The number of benzene rings is 1. The minimum absolute atomic E-state index is 0.00893. The molecule has 2 N–H and O–H groups in total. The molecule has 0 atom stereocenters. The lowest BCUT2D eigenvalue weighted by molar-refractivity contribution is -0.121. The Kier molecular flexibility index (Phi) is 6.58. The van der Waals surface area contributed by atoms with Crippen molar-refractivity contribution in [1.82, 2.24) is 10.6 Å². The van der Waals surface area contributed by atoms with Gasteiger partial charge in [0.1, 0.15) is 12.4 Å². The Morgan fingerprint density at radius 2 is 2.09 bits per heavy atom. The topological polar surface area (TPSA) is 50.4 Å². The summed E-state index contributed by atoms with van der Waals surface area (Å²) in [6, 6.07) is 3.15. The van der Waals surface area contributed by atoms with Gasteiger partial charge in [0.2, 0.25) is 5.91 Å². The van der Waals surface area contributed by atoms with E-state index in [1.54, 1.807) is 0 Å². The van der Waals surface area contributed by atoms with E-state index in [9.17, 15) is 13.6 Å². The Bertz CT molecular complexity index is 491. The second-order valence-electron chi connectivity index (χ2n) is 5.51. The number of ether oxygens (including phenoxy) is 1. The highest BCUT2D eigenvalue weighted by Gasteiger charge is 2.14. The van der Waals surface area contributed by atoms with Gasteiger partial charge in [-0.2, -0.15) is 0 Å². The molecule has 2 rings (SSSR count). The third kappa shape index (κ3) is 5.60. The van der Waals surface area contributed by atoms with Crippen LogP contribution < -0.4 is 15.4 Å². The molecule has 0 saturated carbocycles. The molecule has 1 saturated heterocycles. The van der Waals surface area contributed by atoms with Crippen LogP contribution in [0.4, 0.5) is 8.78 Å². The Labute approximate surface area is 129 Å². The Balaban J connectivity index is 1.58. The Morgan fingerprint density at radius 3 is 2.82 bits per heavy atom. The maximum absolute atomic E-state index is 13.3. The van der Waals surface area contributed by atoms with Gasteiger partial charge in [-0.25, -0.2) is 8.78 Å². The molecule has 1 amide bonds. The van der Waals surface area contributed by atoms with Gasteiger partial charge in [0.05, 0.1) is 6.54 Å². The molecule has 6 heteroatoms. The van der Waals surface area contributed by atoms with Crippen LogP contribution in [0.5, 0.6) is 5.75 Å². The van der Waals surface area contributed by atoms with Crippen molar-refractivity contribution < 1.29 is 18.3 Å². The minimum Gasteiger partial charge on any atom is -0.489 e. The molecule has 122 valence electrons. The summed E-state index contributed by atoms with van der Waals surface area (Å²) in [5, 5.41) is 6.04. The molecule has 0 radical (unpaired) electrons. The van der Waals surface area contributed by atoms with E-state index < -0.39 is 11.6 Å². The van der Waals surface area contributed by atoms with E-state index >= 15 is 0 Å². The van der Waals surface area contributed by atoms with E-state index in [2.05, 4.69) is 10.6 Å². The van der Waals surface area contributed by atoms with Gasteiger partial charge < -0.3 is 15.4 Å². The summed E-state index contributed by atoms with van der Waals surface area (Å²) >= 11 is 0. The normalized spacial score (nSPS) is 15.5. The summed E-state index contributed by atoms with van der Waals surface area (Å²) in [7, 11) is 0. The predicted octanol–water partition coefficient (Wildman–Crippen LogP) is 2.24. The van der Waals surface area contributed by atoms with Crippen LogP contribution in [-0.4, -0.2) is 32.1 Å². The number of halogens is 2. The second kappa shape index (κ2) is 8.68. The highest BCUT2D eigenvalue weighted by molar-refractivity contribution is 5.75. The third-order valence-corrected chi connectivity index (χ3v) is 3.81. The number of hydrogen-bond donors (Lipinski definition) is 2. The smallest absolute Gasteiger partial charge is 0.220 e. The van der Waals surface area contributed by atoms with Crippen molar-refractivity contribution in [2.24, 2.45) is 5.92 Å². The molecular weight excluding hydrogens is 290 g/mol. The third-order valence-electron chi connectivity index (χ3n) is 3.81. The van der Waals surface area contributed by atoms with E-state index in [1.165, 1.54) is 6.07 Å². The van der Waals surface area contributed by atoms with Crippen molar-refractivity contribution in [2.75, 3.05) is 26.2 Å². The molecule has 0 bridgehead atoms. The molecule has 1 heterocycles. The number of hydrogen-bond acceptors (Lipinski definition) is 3. The summed E-state index contributed by atoms with van der Waals surface area (Å²) < 4.78 is 31.2. The lowest BCUT2D eigenvalue weighted by Crippen LogP contribution is -2.31. The van der Waals surface area contributed by atoms with E-state index in [-0.39, 0.29) is 18.3 Å². The van der Waals surface area contributed by atoms with Crippen LogP contribution in [0.1, 0.15) is 25.7 Å². The molecule has 1 aliphatic rings. The molecule has 1 aromatic carbocycles. The molecule has 0 aliphatic carbocycles. The van der Waals surface area contributed by atoms with E-state index in [0.717, 1.165) is 44.5 Å². The van der Waals surface area contributed by atoms with E-state index in [4.69, 9.17) is 4.74 Å². The summed E-state index contributed by atoms with van der Waals surface area (Å²) in [5.41, 5.74) is 0. The Hall–Kier alpha value is -1.69.